The van der Waals surface area contributed by atoms with E-state index in [-0.39, 0.29) is 6.04 Å². The largest absolute Gasteiger partial charge is 0.493 e. The van der Waals surface area contributed by atoms with Crippen molar-refractivity contribution < 1.29 is 4.74 Å². The smallest absolute Gasteiger partial charge is 0.125 e. The van der Waals surface area contributed by atoms with Crippen LogP contribution in [0.5, 0.6) is 5.75 Å². The summed E-state index contributed by atoms with van der Waals surface area (Å²) < 4.78 is 6.84. The van der Waals surface area contributed by atoms with Crippen LogP contribution in [0.2, 0.25) is 10.0 Å². The molecule has 0 spiro atoms. The molecule has 0 fully saturated rings. The van der Waals surface area contributed by atoms with Gasteiger partial charge >= 0.3 is 0 Å². The predicted octanol–water partition coefficient (Wildman–Crippen LogP) is 6.08. The van der Waals surface area contributed by atoms with E-state index in [2.05, 4.69) is 27.3 Å². The monoisotopic (exact) mass is 385 g/mol. The Labute approximate surface area is 142 Å². The average Bonchev–Trinajstić information content (AvgIpc) is 2.64. The molecule has 2 nitrogen and oxygen atoms in total. The number of fused-ring (bicyclic) bond motifs is 1. The van der Waals surface area contributed by atoms with Crippen molar-refractivity contribution >= 4 is 44.8 Å². The van der Waals surface area contributed by atoms with Crippen molar-refractivity contribution in [2.75, 3.05) is 11.9 Å². The first-order valence-electron chi connectivity index (χ1n) is 6.77. The molecule has 1 heterocycles. The molecule has 2 aromatic carbocycles. The lowest BCUT2D eigenvalue weighted by Crippen LogP contribution is -2.10. The zero-order valence-corrected chi connectivity index (χ0v) is 14.3. The molecule has 21 heavy (non-hydrogen) atoms. The Morgan fingerprint density at radius 3 is 2.81 bits per heavy atom. The van der Waals surface area contributed by atoms with Gasteiger partial charge in [-0.05, 0) is 43.2 Å². The van der Waals surface area contributed by atoms with E-state index >= 15 is 0 Å². The third-order valence-corrected chi connectivity index (χ3v) is 4.55. The Morgan fingerprint density at radius 1 is 1.14 bits per heavy atom. The van der Waals surface area contributed by atoms with Crippen LogP contribution in [-0.4, -0.2) is 6.61 Å². The lowest BCUT2D eigenvalue weighted by Gasteiger charge is -2.20. The second-order valence-corrected chi connectivity index (χ2v) is 6.75. The number of ether oxygens (including phenoxy) is 1. The van der Waals surface area contributed by atoms with Gasteiger partial charge in [-0.3, -0.25) is 0 Å². The topological polar surface area (TPSA) is 21.3 Å². The zero-order chi connectivity index (χ0) is 14.8. The summed E-state index contributed by atoms with van der Waals surface area (Å²) in [5, 5.41) is 4.78. The Balaban J connectivity index is 1.92. The highest BCUT2D eigenvalue weighted by Crippen LogP contribution is 2.37. The minimum atomic E-state index is 0.175. The van der Waals surface area contributed by atoms with E-state index in [9.17, 15) is 0 Å². The SMILES string of the molecule is Clc1ccc(NC2CCCOc3cc(Br)ccc32)c(Cl)c1. The number of rotatable bonds is 2. The van der Waals surface area contributed by atoms with Crippen molar-refractivity contribution in [3.63, 3.8) is 0 Å². The van der Waals surface area contributed by atoms with Gasteiger partial charge in [-0.15, -0.1) is 0 Å². The fourth-order valence-electron chi connectivity index (χ4n) is 2.49. The van der Waals surface area contributed by atoms with Gasteiger partial charge in [0.15, 0.2) is 0 Å². The molecule has 0 aliphatic carbocycles. The highest BCUT2D eigenvalue weighted by atomic mass is 79.9. The van der Waals surface area contributed by atoms with Gasteiger partial charge in [0.25, 0.3) is 0 Å². The molecular weight excluding hydrogens is 373 g/mol. The number of halogens is 3. The molecule has 0 amide bonds. The van der Waals surface area contributed by atoms with Crippen LogP contribution in [0.3, 0.4) is 0 Å². The van der Waals surface area contributed by atoms with Crippen molar-refractivity contribution in [2.45, 2.75) is 18.9 Å². The fourth-order valence-corrected chi connectivity index (χ4v) is 3.29. The zero-order valence-electron chi connectivity index (χ0n) is 11.2. The highest BCUT2D eigenvalue weighted by molar-refractivity contribution is 9.10. The van der Waals surface area contributed by atoms with Crippen LogP contribution < -0.4 is 10.1 Å². The molecule has 2 aromatic rings. The fraction of sp³-hybridized carbons (Fsp3) is 0.250. The quantitative estimate of drug-likeness (QED) is 0.674. The molecule has 3 rings (SSSR count). The van der Waals surface area contributed by atoms with E-state index in [0.717, 1.165) is 40.9 Å². The summed E-state index contributed by atoms with van der Waals surface area (Å²) in [5.74, 6) is 0.921. The number of anilines is 1. The van der Waals surface area contributed by atoms with Crippen molar-refractivity contribution in [1.29, 1.82) is 0 Å². The molecule has 1 aliphatic heterocycles. The number of nitrogens with one attached hydrogen (secondary N) is 1. The number of hydrogen-bond donors (Lipinski definition) is 1. The maximum Gasteiger partial charge on any atom is 0.125 e. The first kappa shape index (κ1) is 15.0. The summed E-state index contributed by atoms with van der Waals surface area (Å²) >= 11 is 15.7. The number of hydrogen-bond acceptors (Lipinski definition) is 2. The van der Waals surface area contributed by atoms with E-state index in [0.29, 0.717) is 10.0 Å². The molecule has 0 aromatic heterocycles. The second kappa shape index (κ2) is 6.47. The number of benzene rings is 2. The van der Waals surface area contributed by atoms with Gasteiger partial charge in [0.05, 0.1) is 23.4 Å². The van der Waals surface area contributed by atoms with Crippen LogP contribution in [0.15, 0.2) is 40.9 Å². The first-order chi connectivity index (χ1) is 10.1. The highest BCUT2D eigenvalue weighted by Gasteiger charge is 2.20. The van der Waals surface area contributed by atoms with Crippen molar-refractivity contribution in [2.24, 2.45) is 0 Å². The molecule has 1 atom stereocenters. The minimum absolute atomic E-state index is 0.175. The summed E-state index contributed by atoms with van der Waals surface area (Å²) in [4.78, 5) is 0. The molecule has 110 valence electrons. The van der Waals surface area contributed by atoms with Crippen molar-refractivity contribution in [3.05, 3.63) is 56.5 Å². The Kier molecular flexibility index (Phi) is 4.63. The lowest BCUT2D eigenvalue weighted by molar-refractivity contribution is 0.316. The summed E-state index contributed by atoms with van der Waals surface area (Å²) in [6.07, 6.45) is 1.99. The first-order valence-corrected chi connectivity index (χ1v) is 8.32. The van der Waals surface area contributed by atoms with Gasteiger partial charge in [-0.2, -0.15) is 0 Å². The van der Waals surface area contributed by atoms with Gasteiger partial charge in [0.1, 0.15) is 5.75 Å². The molecule has 0 radical (unpaired) electrons. The third-order valence-electron chi connectivity index (χ3n) is 3.51. The summed E-state index contributed by atoms with van der Waals surface area (Å²) in [6, 6.07) is 11.8. The van der Waals surface area contributed by atoms with E-state index in [1.165, 1.54) is 0 Å². The van der Waals surface area contributed by atoms with Crippen LogP contribution in [0, 0.1) is 0 Å². The third kappa shape index (κ3) is 3.47. The summed E-state index contributed by atoms with van der Waals surface area (Å²) in [6.45, 7) is 0.732. The van der Waals surface area contributed by atoms with Crippen LogP contribution >= 0.6 is 39.1 Å². The van der Waals surface area contributed by atoms with Gasteiger partial charge in [-0.25, -0.2) is 0 Å². The van der Waals surface area contributed by atoms with E-state index < -0.39 is 0 Å². The molecule has 1 unspecified atom stereocenters. The van der Waals surface area contributed by atoms with Gasteiger partial charge in [-0.1, -0.05) is 45.2 Å². The Hall–Kier alpha value is -0.900. The normalized spacial score (nSPS) is 17.6. The van der Waals surface area contributed by atoms with Crippen molar-refractivity contribution in [3.8, 4) is 5.75 Å². The lowest BCUT2D eigenvalue weighted by atomic mass is 10.0. The van der Waals surface area contributed by atoms with Crippen LogP contribution in [0.4, 0.5) is 5.69 Å². The standard InChI is InChI=1S/C16H14BrCl2NO/c17-10-3-5-12-14(2-1-7-21-16(12)8-10)20-15-6-4-11(18)9-13(15)19/h3-6,8-9,14,20H,1-2,7H2. The van der Waals surface area contributed by atoms with E-state index in [1.807, 2.05) is 24.3 Å². The second-order valence-electron chi connectivity index (χ2n) is 4.99. The van der Waals surface area contributed by atoms with Crippen LogP contribution in [0.25, 0.3) is 0 Å². The minimum Gasteiger partial charge on any atom is -0.493 e. The molecule has 1 aliphatic rings. The Bertz CT molecular complexity index is 663. The molecular formula is C16H14BrCl2NO. The summed E-state index contributed by atoms with van der Waals surface area (Å²) in [7, 11) is 0. The van der Waals surface area contributed by atoms with E-state index in [4.69, 9.17) is 27.9 Å². The average molecular weight is 387 g/mol. The maximum absolute atomic E-state index is 6.26. The molecule has 0 saturated carbocycles. The van der Waals surface area contributed by atoms with E-state index in [1.54, 1.807) is 6.07 Å². The maximum atomic E-state index is 6.26. The predicted molar refractivity (Wildman–Crippen MR) is 91.7 cm³/mol. The molecule has 1 N–H and O–H groups in total. The van der Waals surface area contributed by atoms with Gasteiger partial charge in [0, 0.05) is 15.1 Å². The van der Waals surface area contributed by atoms with Crippen molar-refractivity contribution in [1.82, 2.24) is 0 Å². The Morgan fingerprint density at radius 2 is 2.00 bits per heavy atom. The summed E-state index contributed by atoms with van der Waals surface area (Å²) in [5.41, 5.74) is 2.04. The molecule has 0 bridgehead atoms. The van der Waals surface area contributed by atoms with Gasteiger partial charge in [0.2, 0.25) is 0 Å². The molecule has 0 saturated heterocycles. The van der Waals surface area contributed by atoms with Gasteiger partial charge < -0.3 is 10.1 Å². The van der Waals surface area contributed by atoms with Crippen LogP contribution in [-0.2, 0) is 0 Å². The van der Waals surface area contributed by atoms with Crippen LogP contribution in [0.1, 0.15) is 24.4 Å². The molecule has 5 heteroatoms.